The molecule has 27 heavy (non-hydrogen) atoms. The maximum absolute atomic E-state index is 11.1. The molecule has 0 unspecified atom stereocenters. The molecular weight excluding hydrogens is 348 g/mol. The number of allylic oxidation sites excluding steroid dienone is 3. The van der Waals surface area contributed by atoms with Crippen molar-refractivity contribution in [3.63, 3.8) is 0 Å². The number of anilines is 1. The smallest absolute Gasteiger partial charge is 0.271 e. The van der Waals surface area contributed by atoms with E-state index in [0.717, 1.165) is 17.2 Å². The van der Waals surface area contributed by atoms with Crippen LogP contribution in [0.1, 0.15) is 19.4 Å². The molecule has 0 spiro atoms. The first kappa shape index (κ1) is 19.5. The van der Waals surface area contributed by atoms with E-state index in [2.05, 4.69) is 10.5 Å². The van der Waals surface area contributed by atoms with Crippen molar-refractivity contribution in [2.45, 2.75) is 13.8 Å². The fourth-order valence-corrected chi connectivity index (χ4v) is 2.23. The molecule has 0 aliphatic heterocycles. The first-order chi connectivity index (χ1) is 12.9. The SMILES string of the molecule is CC(/C=C(C)/C=C/c1ccccc1)=N/Nc1ccc([N+](=O)[O-])cc1[N+](=O)[O-]. The molecule has 8 nitrogen and oxygen atoms in total. The van der Waals surface area contributed by atoms with Gasteiger partial charge < -0.3 is 0 Å². The molecule has 0 heterocycles. The fraction of sp³-hybridized carbons (Fsp3) is 0.105. The third-order valence-electron chi connectivity index (χ3n) is 3.52. The zero-order chi connectivity index (χ0) is 19.8. The van der Waals surface area contributed by atoms with Gasteiger partial charge in [-0.25, -0.2) is 0 Å². The summed E-state index contributed by atoms with van der Waals surface area (Å²) < 4.78 is 0. The van der Waals surface area contributed by atoms with E-state index in [1.807, 2.05) is 55.5 Å². The first-order valence-electron chi connectivity index (χ1n) is 8.01. The van der Waals surface area contributed by atoms with Gasteiger partial charge in [0.2, 0.25) is 0 Å². The average Bonchev–Trinajstić information content (AvgIpc) is 2.65. The van der Waals surface area contributed by atoms with Gasteiger partial charge in [-0.2, -0.15) is 5.10 Å². The molecule has 0 aromatic heterocycles. The number of nitro benzene ring substituents is 2. The minimum atomic E-state index is -0.691. The molecule has 0 fully saturated rings. The summed E-state index contributed by atoms with van der Waals surface area (Å²) in [4.78, 5) is 20.5. The number of nitro groups is 2. The molecule has 0 bridgehead atoms. The van der Waals surface area contributed by atoms with Crippen molar-refractivity contribution in [2.24, 2.45) is 5.10 Å². The molecule has 2 rings (SSSR count). The van der Waals surface area contributed by atoms with Gasteiger partial charge in [0.1, 0.15) is 5.69 Å². The molecule has 0 aliphatic rings. The minimum absolute atomic E-state index is 0.0795. The second-order valence-corrected chi connectivity index (χ2v) is 5.71. The third kappa shape index (κ3) is 5.89. The summed E-state index contributed by atoms with van der Waals surface area (Å²) in [5, 5.41) is 26.0. The van der Waals surface area contributed by atoms with Gasteiger partial charge in [-0.05, 0) is 37.1 Å². The Balaban J connectivity index is 2.13. The van der Waals surface area contributed by atoms with Crippen molar-refractivity contribution in [1.29, 1.82) is 0 Å². The number of hydrogen-bond donors (Lipinski definition) is 1. The highest BCUT2D eigenvalue weighted by Crippen LogP contribution is 2.28. The Morgan fingerprint density at radius 1 is 1.04 bits per heavy atom. The highest BCUT2D eigenvalue weighted by Gasteiger charge is 2.19. The summed E-state index contributed by atoms with van der Waals surface area (Å²) >= 11 is 0. The quantitative estimate of drug-likeness (QED) is 0.322. The van der Waals surface area contributed by atoms with Crippen LogP contribution in [-0.2, 0) is 0 Å². The summed E-state index contributed by atoms with van der Waals surface area (Å²) in [6.07, 6.45) is 5.71. The van der Waals surface area contributed by atoms with Crippen molar-refractivity contribution in [3.05, 3.63) is 92.0 Å². The molecule has 0 saturated heterocycles. The number of benzene rings is 2. The normalized spacial score (nSPS) is 12.2. The topological polar surface area (TPSA) is 111 Å². The van der Waals surface area contributed by atoms with Gasteiger partial charge >= 0.3 is 5.69 Å². The second-order valence-electron chi connectivity index (χ2n) is 5.71. The van der Waals surface area contributed by atoms with Crippen molar-refractivity contribution in [3.8, 4) is 0 Å². The summed E-state index contributed by atoms with van der Waals surface area (Å²) in [5.74, 6) is 0. The zero-order valence-electron chi connectivity index (χ0n) is 14.8. The van der Waals surface area contributed by atoms with Crippen LogP contribution in [0, 0.1) is 20.2 Å². The van der Waals surface area contributed by atoms with E-state index in [4.69, 9.17) is 0 Å². The highest BCUT2D eigenvalue weighted by atomic mass is 16.6. The Bertz CT molecular complexity index is 934. The number of nitrogens with one attached hydrogen (secondary N) is 1. The van der Waals surface area contributed by atoms with Crippen LogP contribution in [0.3, 0.4) is 0 Å². The maximum atomic E-state index is 11.1. The van der Waals surface area contributed by atoms with Crippen LogP contribution >= 0.6 is 0 Å². The Hall–Kier alpha value is -3.81. The van der Waals surface area contributed by atoms with Crippen LogP contribution in [0.25, 0.3) is 6.08 Å². The number of nitrogens with zero attached hydrogens (tertiary/aromatic N) is 3. The molecule has 2 aromatic rings. The van der Waals surface area contributed by atoms with Crippen molar-refractivity contribution < 1.29 is 9.85 Å². The predicted molar refractivity (Wildman–Crippen MR) is 106 cm³/mol. The average molecular weight is 366 g/mol. The van der Waals surface area contributed by atoms with E-state index >= 15 is 0 Å². The Morgan fingerprint density at radius 2 is 1.74 bits per heavy atom. The number of hydrogen-bond acceptors (Lipinski definition) is 6. The summed E-state index contributed by atoms with van der Waals surface area (Å²) in [7, 11) is 0. The predicted octanol–water partition coefficient (Wildman–Crippen LogP) is 4.95. The number of non-ortho nitro benzene ring substituents is 1. The fourth-order valence-electron chi connectivity index (χ4n) is 2.23. The Labute approximate surface area is 155 Å². The van der Waals surface area contributed by atoms with Crippen LogP contribution < -0.4 is 5.43 Å². The molecule has 1 N–H and O–H groups in total. The van der Waals surface area contributed by atoms with E-state index < -0.39 is 15.5 Å². The van der Waals surface area contributed by atoms with Gasteiger partial charge in [-0.15, -0.1) is 0 Å². The Morgan fingerprint density at radius 3 is 2.37 bits per heavy atom. The molecule has 0 atom stereocenters. The molecule has 2 aromatic carbocycles. The lowest BCUT2D eigenvalue weighted by atomic mass is 10.1. The molecule has 8 heteroatoms. The van der Waals surface area contributed by atoms with Gasteiger partial charge in [-0.3, -0.25) is 25.7 Å². The van der Waals surface area contributed by atoms with E-state index in [0.29, 0.717) is 5.71 Å². The molecule has 0 aliphatic carbocycles. The summed E-state index contributed by atoms with van der Waals surface area (Å²) in [5.41, 5.74) is 4.52. The van der Waals surface area contributed by atoms with Gasteiger partial charge in [0.25, 0.3) is 5.69 Å². The van der Waals surface area contributed by atoms with Crippen LogP contribution in [0.5, 0.6) is 0 Å². The second kappa shape index (κ2) is 9.04. The number of rotatable bonds is 7. The van der Waals surface area contributed by atoms with Gasteiger partial charge in [0, 0.05) is 6.07 Å². The lowest BCUT2D eigenvalue weighted by Crippen LogP contribution is -2.00. The van der Waals surface area contributed by atoms with Crippen LogP contribution in [0.15, 0.2) is 71.4 Å². The van der Waals surface area contributed by atoms with Crippen LogP contribution in [0.2, 0.25) is 0 Å². The molecule has 0 saturated carbocycles. The molecule has 0 amide bonds. The zero-order valence-corrected chi connectivity index (χ0v) is 14.8. The van der Waals surface area contributed by atoms with E-state index in [9.17, 15) is 20.2 Å². The van der Waals surface area contributed by atoms with E-state index in [1.54, 1.807) is 6.92 Å². The van der Waals surface area contributed by atoms with Gasteiger partial charge in [-0.1, -0.05) is 42.5 Å². The van der Waals surface area contributed by atoms with Gasteiger partial charge in [0.05, 0.1) is 21.6 Å². The monoisotopic (exact) mass is 366 g/mol. The lowest BCUT2D eigenvalue weighted by molar-refractivity contribution is -0.393. The van der Waals surface area contributed by atoms with E-state index in [1.165, 1.54) is 12.1 Å². The largest absolute Gasteiger partial charge is 0.301 e. The first-order valence-corrected chi connectivity index (χ1v) is 8.01. The summed E-state index contributed by atoms with van der Waals surface area (Å²) in [6.45, 7) is 3.65. The standard InChI is InChI=1S/C19H18N4O4/c1-14(8-9-16-6-4-3-5-7-16)12-15(2)20-21-18-11-10-17(22(24)25)13-19(18)23(26)27/h3-13,21H,1-2H3/b9-8+,14-12+,20-15-. The van der Waals surface area contributed by atoms with Crippen LogP contribution in [-0.4, -0.2) is 15.6 Å². The third-order valence-corrected chi connectivity index (χ3v) is 3.52. The van der Waals surface area contributed by atoms with Crippen molar-refractivity contribution in [1.82, 2.24) is 0 Å². The molecular formula is C19H18N4O4. The van der Waals surface area contributed by atoms with E-state index in [-0.39, 0.29) is 11.4 Å². The highest BCUT2D eigenvalue weighted by molar-refractivity contribution is 5.94. The molecule has 138 valence electrons. The Kier molecular flexibility index (Phi) is 6.54. The van der Waals surface area contributed by atoms with Gasteiger partial charge in [0.15, 0.2) is 0 Å². The lowest BCUT2D eigenvalue weighted by Gasteiger charge is -2.03. The minimum Gasteiger partial charge on any atom is -0.271 e. The number of hydrazone groups is 1. The molecule has 0 radical (unpaired) electrons. The van der Waals surface area contributed by atoms with Crippen molar-refractivity contribution in [2.75, 3.05) is 5.43 Å². The van der Waals surface area contributed by atoms with Crippen LogP contribution in [0.4, 0.5) is 17.1 Å². The van der Waals surface area contributed by atoms with Crippen molar-refractivity contribution >= 4 is 28.8 Å². The maximum Gasteiger partial charge on any atom is 0.301 e. The summed E-state index contributed by atoms with van der Waals surface area (Å²) in [6, 6.07) is 13.2.